The van der Waals surface area contributed by atoms with Crippen molar-refractivity contribution in [3.05, 3.63) is 0 Å². The van der Waals surface area contributed by atoms with Crippen molar-refractivity contribution in [2.45, 2.75) is 0 Å². The Balaban J connectivity index is 4.06. The van der Waals surface area contributed by atoms with Crippen LogP contribution in [0.4, 0.5) is 13.4 Å². The van der Waals surface area contributed by atoms with E-state index in [9.17, 15) is 18.1 Å². The summed E-state index contributed by atoms with van der Waals surface area (Å²) in [6, 6.07) is 0. The summed E-state index contributed by atoms with van der Waals surface area (Å²) in [4.78, 5) is 9.59. The Hall–Kier alpha value is -0.740. The summed E-state index contributed by atoms with van der Waals surface area (Å²) in [5, 5.41) is -2.14. The highest BCUT2D eigenvalue weighted by Gasteiger charge is 2.08. The van der Waals surface area contributed by atoms with Crippen molar-refractivity contribution in [1.82, 2.24) is 5.34 Å². The van der Waals surface area contributed by atoms with Gasteiger partial charge >= 0.3 is 5.91 Å². The second-order valence-corrected chi connectivity index (χ2v) is 0.633. The Morgan fingerprint density at radius 1 is 1.86 bits per heavy atom. The average Bonchev–Trinajstić information content (AvgIpc) is 1.62. The monoisotopic (exact) mass is 115 g/mol. The molecule has 0 saturated carbocycles. The first-order valence-corrected chi connectivity index (χ1v) is 1.20. The lowest BCUT2D eigenvalue weighted by molar-refractivity contribution is -0.188. The zero-order valence-corrected chi connectivity index (χ0v) is 2.99. The van der Waals surface area contributed by atoms with Crippen LogP contribution in [0.3, 0.4) is 0 Å². The standard InChI is InChI=1S/C2H2F3NO/c3-1-2(7)6(4)5/h1H2/i1D2. The smallest absolute Gasteiger partial charge is 0.266 e. The van der Waals surface area contributed by atoms with Crippen molar-refractivity contribution >= 4 is 5.91 Å². The third kappa shape index (κ3) is 2.02. The van der Waals surface area contributed by atoms with Crippen molar-refractivity contribution in [2.75, 3.05) is 6.63 Å². The predicted octanol–water partition coefficient (Wildman–Crippen LogP) is 0.554. The maximum atomic E-state index is 11.5. The van der Waals surface area contributed by atoms with Crippen LogP contribution in [0.2, 0.25) is 0 Å². The molecule has 0 aliphatic rings. The maximum Gasteiger partial charge on any atom is 0.314 e. The van der Waals surface area contributed by atoms with Gasteiger partial charge in [-0.3, -0.25) is 4.79 Å². The van der Waals surface area contributed by atoms with Gasteiger partial charge in [0.1, 0.15) is 0 Å². The highest BCUT2D eigenvalue weighted by molar-refractivity contribution is 5.74. The van der Waals surface area contributed by atoms with Crippen LogP contribution in [-0.4, -0.2) is 17.9 Å². The Kier molecular flexibility index (Phi) is 1.14. The lowest BCUT2D eigenvalue weighted by atomic mass is 10.7. The number of hydrogen-bond donors (Lipinski definition) is 0. The molecule has 0 heterocycles. The zero-order valence-electron chi connectivity index (χ0n) is 4.99. The molecule has 0 aromatic rings. The molecule has 2 nitrogen and oxygen atoms in total. The van der Waals surface area contributed by atoms with Gasteiger partial charge in [-0.2, -0.15) is 0 Å². The summed E-state index contributed by atoms with van der Waals surface area (Å²) in [6.45, 7) is -3.98. The average molecular weight is 115 g/mol. The number of alkyl halides is 1. The van der Waals surface area contributed by atoms with Crippen LogP contribution >= 0.6 is 0 Å². The molecule has 0 fully saturated rings. The van der Waals surface area contributed by atoms with Crippen molar-refractivity contribution in [3.8, 4) is 0 Å². The molecule has 5 heteroatoms. The van der Waals surface area contributed by atoms with Crippen LogP contribution < -0.4 is 0 Å². The van der Waals surface area contributed by atoms with Gasteiger partial charge in [0.15, 0.2) is 6.63 Å². The van der Waals surface area contributed by atoms with E-state index in [0.717, 1.165) is 0 Å². The van der Waals surface area contributed by atoms with Gasteiger partial charge in [0.05, 0.1) is 2.74 Å². The third-order valence-electron chi connectivity index (χ3n) is 0.234. The van der Waals surface area contributed by atoms with Gasteiger partial charge in [-0.1, -0.05) is 8.96 Å². The molecule has 0 aliphatic heterocycles. The lowest BCUT2D eigenvalue weighted by Crippen LogP contribution is -2.14. The fourth-order valence-corrected chi connectivity index (χ4v) is 0.0319. The van der Waals surface area contributed by atoms with Crippen LogP contribution in [0.15, 0.2) is 0 Å². The molecule has 0 saturated heterocycles. The van der Waals surface area contributed by atoms with Gasteiger partial charge < -0.3 is 0 Å². The first-order chi connectivity index (χ1) is 3.85. The molecule has 0 rings (SSSR count). The minimum absolute atomic E-state index is 2.14. The molecule has 0 bridgehead atoms. The molecule has 1 amide bonds. The van der Waals surface area contributed by atoms with Crippen LogP contribution in [0, 0.1) is 0 Å². The molecular weight excluding hydrogens is 111 g/mol. The topological polar surface area (TPSA) is 20.3 Å². The molecule has 0 aliphatic carbocycles. The normalized spacial score (nSPS) is 14.7. The summed E-state index contributed by atoms with van der Waals surface area (Å²) in [6.07, 6.45) is 0. The molecule has 0 aromatic carbocycles. The maximum absolute atomic E-state index is 11.5. The summed E-state index contributed by atoms with van der Waals surface area (Å²) in [5.74, 6) is -2.50. The molecule has 0 spiro atoms. The summed E-state index contributed by atoms with van der Waals surface area (Å²) in [7, 11) is 0. The second-order valence-electron chi connectivity index (χ2n) is 0.633. The van der Waals surface area contributed by atoms with E-state index in [4.69, 9.17) is 2.74 Å². The fraction of sp³-hybridized carbons (Fsp3) is 0.500. The molecule has 0 atom stereocenters. The number of carbonyl (C=O) groups excluding carboxylic acids is 1. The van der Waals surface area contributed by atoms with E-state index >= 15 is 0 Å². The number of hydrogen-bond acceptors (Lipinski definition) is 1. The van der Waals surface area contributed by atoms with E-state index in [1.165, 1.54) is 0 Å². The van der Waals surface area contributed by atoms with Crippen LogP contribution in [0.25, 0.3) is 0 Å². The van der Waals surface area contributed by atoms with Crippen molar-refractivity contribution in [3.63, 3.8) is 0 Å². The van der Waals surface area contributed by atoms with Gasteiger partial charge in [-0.05, 0) is 5.34 Å². The predicted molar refractivity (Wildman–Crippen MR) is 15.0 cm³/mol. The van der Waals surface area contributed by atoms with E-state index < -0.39 is 17.9 Å². The summed E-state index contributed by atoms with van der Waals surface area (Å²) < 4.78 is 44.9. The zero-order chi connectivity index (χ0) is 7.65. The number of halogens is 3. The second kappa shape index (κ2) is 2.44. The molecule has 0 aromatic heterocycles. The SMILES string of the molecule is [2H]C([2H])(F)C(=O)N(F)F. The van der Waals surface area contributed by atoms with Crippen molar-refractivity contribution in [1.29, 1.82) is 0 Å². The Morgan fingerprint density at radius 3 is 2.29 bits per heavy atom. The van der Waals surface area contributed by atoms with E-state index in [1.54, 1.807) is 0 Å². The third-order valence-corrected chi connectivity index (χ3v) is 0.234. The molecule has 0 radical (unpaired) electrons. The Bertz CT molecular complexity index is 121. The Labute approximate surface area is 40.2 Å². The van der Waals surface area contributed by atoms with E-state index in [0.29, 0.717) is 0 Å². The first-order valence-electron chi connectivity index (χ1n) is 2.20. The van der Waals surface area contributed by atoms with Gasteiger partial charge in [0.25, 0.3) is 0 Å². The van der Waals surface area contributed by atoms with Crippen LogP contribution in [0.1, 0.15) is 2.74 Å². The minimum atomic E-state index is -3.98. The molecule has 7 heavy (non-hydrogen) atoms. The fourth-order valence-electron chi connectivity index (χ4n) is 0.0319. The van der Waals surface area contributed by atoms with E-state index in [2.05, 4.69) is 0 Å². The quantitative estimate of drug-likeness (QED) is 0.457. The number of nitrogens with zero attached hydrogens (tertiary/aromatic N) is 1. The number of rotatable bonds is 1. The van der Waals surface area contributed by atoms with Gasteiger partial charge in [0.2, 0.25) is 0 Å². The van der Waals surface area contributed by atoms with Gasteiger partial charge in [0, 0.05) is 0 Å². The van der Waals surface area contributed by atoms with Crippen molar-refractivity contribution < 1.29 is 20.9 Å². The molecule has 0 N–H and O–H groups in total. The minimum Gasteiger partial charge on any atom is -0.266 e. The van der Waals surface area contributed by atoms with Crippen LogP contribution in [-0.2, 0) is 4.79 Å². The van der Waals surface area contributed by atoms with E-state index in [-0.39, 0.29) is 0 Å². The van der Waals surface area contributed by atoms with E-state index in [1.807, 2.05) is 0 Å². The first kappa shape index (κ1) is 3.29. The number of carbonyl (C=O) groups is 1. The van der Waals surface area contributed by atoms with Crippen molar-refractivity contribution in [2.24, 2.45) is 0 Å². The van der Waals surface area contributed by atoms with Gasteiger partial charge in [-0.25, -0.2) is 4.39 Å². The Morgan fingerprint density at radius 2 is 2.29 bits per heavy atom. The van der Waals surface area contributed by atoms with Crippen LogP contribution in [0.5, 0.6) is 0 Å². The summed E-state index contributed by atoms with van der Waals surface area (Å²) >= 11 is 0. The highest BCUT2D eigenvalue weighted by atomic mass is 19.4. The molecule has 42 valence electrons. The molecular formula is C2H2F3NO. The molecule has 0 unspecified atom stereocenters. The largest absolute Gasteiger partial charge is 0.314 e. The number of amides is 1. The highest BCUT2D eigenvalue weighted by Crippen LogP contribution is 1.89. The summed E-state index contributed by atoms with van der Waals surface area (Å²) in [5.41, 5.74) is 0. The lowest BCUT2D eigenvalue weighted by Gasteiger charge is -1.90. The van der Waals surface area contributed by atoms with Gasteiger partial charge in [-0.15, -0.1) is 0 Å².